The fourth-order valence-corrected chi connectivity index (χ4v) is 0. The zero-order valence-corrected chi connectivity index (χ0v) is 7.40. The van der Waals surface area contributed by atoms with Gasteiger partial charge in [-0.3, -0.25) is 4.55 Å². The Balaban J connectivity index is 0. The van der Waals surface area contributed by atoms with Gasteiger partial charge in [0.2, 0.25) is 0 Å². The summed E-state index contributed by atoms with van der Waals surface area (Å²) >= 11 is 0. The molecule has 10 heavy (non-hydrogen) atoms. The van der Waals surface area contributed by atoms with Gasteiger partial charge in [-0.15, -0.1) is 6.58 Å². The molecule has 0 bridgehead atoms. The maximum Gasteiger partial charge on any atom is 0.261 e. The molecule has 0 aromatic heterocycles. The van der Waals surface area contributed by atoms with E-state index in [4.69, 9.17) is 4.55 Å². The summed E-state index contributed by atoms with van der Waals surface area (Å²) in [5, 5.41) is 0. The first-order valence-electron chi connectivity index (χ1n) is 2.84. The SMILES string of the molecule is C=C(C)CC.CS(=O)(=O)O. The Morgan fingerprint density at radius 3 is 1.70 bits per heavy atom. The van der Waals surface area contributed by atoms with Crippen molar-refractivity contribution in [2.75, 3.05) is 6.26 Å². The molecule has 0 saturated carbocycles. The average Bonchev–Trinajstić information content (AvgIpc) is 1.61. The Kier molecular flexibility index (Phi) is 6.71. The molecular weight excluding hydrogens is 152 g/mol. The highest BCUT2D eigenvalue weighted by Gasteiger charge is 1.81. The predicted molar refractivity (Wildman–Crippen MR) is 42.6 cm³/mol. The van der Waals surface area contributed by atoms with Gasteiger partial charge in [-0.2, -0.15) is 8.42 Å². The molecule has 0 radical (unpaired) electrons. The summed E-state index contributed by atoms with van der Waals surface area (Å²) in [6.07, 6.45) is 1.83. The smallest absolute Gasteiger partial charge is 0.261 e. The molecule has 0 fully saturated rings. The van der Waals surface area contributed by atoms with E-state index in [0.29, 0.717) is 6.26 Å². The number of rotatable bonds is 1. The van der Waals surface area contributed by atoms with E-state index in [1.54, 1.807) is 0 Å². The van der Waals surface area contributed by atoms with Crippen molar-refractivity contribution in [1.82, 2.24) is 0 Å². The third-order valence-electron chi connectivity index (χ3n) is 0.604. The molecule has 0 amide bonds. The van der Waals surface area contributed by atoms with E-state index in [9.17, 15) is 8.42 Å². The van der Waals surface area contributed by atoms with Crippen molar-refractivity contribution < 1.29 is 13.0 Å². The quantitative estimate of drug-likeness (QED) is 0.474. The fraction of sp³-hybridized carbons (Fsp3) is 0.667. The highest BCUT2D eigenvalue weighted by atomic mass is 32.2. The van der Waals surface area contributed by atoms with Crippen LogP contribution < -0.4 is 0 Å². The van der Waals surface area contributed by atoms with Gasteiger partial charge in [-0.1, -0.05) is 12.5 Å². The summed E-state index contributed by atoms with van der Waals surface area (Å²) in [4.78, 5) is 0. The molecule has 0 aromatic rings. The van der Waals surface area contributed by atoms with Crippen LogP contribution in [0.1, 0.15) is 20.3 Å². The normalized spacial score (nSPS) is 9.60. The minimum Gasteiger partial charge on any atom is -0.286 e. The van der Waals surface area contributed by atoms with Crippen molar-refractivity contribution in [3.8, 4) is 0 Å². The van der Waals surface area contributed by atoms with Crippen LogP contribution in [0.25, 0.3) is 0 Å². The van der Waals surface area contributed by atoms with E-state index in [1.807, 2.05) is 6.92 Å². The Morgan fingerprint density at radius 2 is 1.70 bits per heavy atom. The van der Waals surface area contributed by atoms with Gasteiger partial charge in [0.1, 0.15) is 0 Å². The third-order valence-corrected chi connectivity index (χ3v) is 0.604. The van der Waals surface area contributed by atoms with Gasteiger partial charge >= 0.3 is 0 Å². The molecule has 0 saturated heterocycles. The van der Waals surface area contributed by atoms with E-state index in [1.165, 1.54) is 5.57 Å². The highest BCUT2D eigenvalue weighted by Crippen LogP contribution is 1.88. The third kappa shape index (κ3) is 124. The molecule has 0 spiro atoms. The van der Waals surface area contributed by atoms with Crippen molar-refractivity contribution in [2.24, 2.45) is 0 Å². The lowest BCUT2D eigenvalue weighted by molar-refractivity contribution is 0.490. The molecule has 62 valence electrons. The Hall–Kier alpha value is -0.350. The van der Waals surface area contributed by atoms with Crippen molar-refractivity contribution in [3.05, 3.63) is 12.2 Å². The largest absolute Gasteiger partial charge is 0.286 e. The molecule has 0 aliphatic rings. The van der Waals surface area contributed by atoms with Crippen LogP contribution >= 0.6 is 0 Å². The molecule has 0 unspecified atom stereocenters. The highest BCUT2D eigenvalue weighted by molar-refractivity contribution is 7.85. The zero-order chi connectivity index (χ0) is 8.78. The summed E-state index contributed by atoms with van der Waals surface area (Å²) in [5.74, 6) is 0. The van der Waals surface area contributed by atoms with Crippen molar-refractivity contribution in [3.63, 3.8) is 0 Å². The summed E-state index contributed by atoms with van der Waals surface area (Å²) in [7, 11) is -3.67. The van der Waals surface area contributed by atoms with Gasteiger partial charge < -0.3 is 0 Å². The lowest BCUT2D eigenvalue weighted by Gasteiger charge is -1.79. The monoisotopic (exact) mass is 166 g/mol. The van der Waals surface area contributed by atoms with Crippen LogP contribution in [0.3, 0.4) is 0 Å². The standard InChI is InChI=1S/C5H10.CH4O3S/c1-4-5(2)3;1-5(2,3)4/h2,4H2,1,3H3;1H3,(H,2,3,4). The van der Waals surface area contributed by atoms with Crippen LogP contribution in [-0.4, -0.2) is 19.2 Å². The molecule has 0 atom stereocenters. The first-order chi connectivity index (χ1) is 4.27. The van der Waals surface area contributed by atoms with Crippen LogP contribution in [0, 0.1) is 0 Å². The van der Waals surface area contributed by atoms with Crippen molar-refractivity contribution >= 4 is 10.1 Å². The second-order valence-corrected chi connectivity index (χ2v) is 3.51. The van der Waals surface area contributed by atoms with Gasteiger partial charge in [0, 0.05) is 0 Å². The van der Waals surface area contributed by atoms with E-state index in [0.717, 1.165) is 6.42 Å². The van der Waals surface area contributed by atoms with Crippen LogP contribution in [0.4, 0.5) is 0 Å². The molecule has 3 nitrogen and oxygen atoms in total. The Labute approximate surface area is 62.5 Å². The Morgan fingerprint density at radius 1 is 1.60 bits per heavy atom. The number of allylic oxidation sites excluding steroid dienone is 1. The molecule has 4 heteroatoms. The summed E-state index contributed by atoms with van der Waals surface area (Å²) < 4.78 is 25.9. The molecule has 0 aromatic carbocycles. The van der Waals surface area contributed by atoms with Gasteiger partial charge in [0.15, 0.2) is 0 Å². The van der Waals surface area contributed by atoms with Gasteiger partial charge in [-0.25, -0.2) is 0 Å². The van der Waals surface area contributed by atoms with Crippen LogP contribution in [0.15, 0.2) is 12.2 Å². The molecule has 1 N–H and O–H groups in total. The fourth-order valence-electron chi connectivity index (χ4n) is 0. The lowest BCUT2D eigenvalue weighted by atomic mass is 10.3. The second-order valence-electron chi connectivity index (χ2n) is 2.04. The summed E-state index contributed by atoms with van der Waals surface area (Å²) in [6.45, 7) is 7.80. The molecule has 0 heterocycles. The predicted octanol–water partition coefficient (Wildman–Crippen LogP) is 1.48. The van der Waals surface area contributed by atoms with Crippen LogP contribution in [-0.2, 0) is 10.1 Å². The zero-order valence-electron chi connectivity index (χ0n) is 6.59. The van der Waals surface area contributed by atoms with Crippen LogP contribution in [0.2, 0.25) is 0 Å². The second kappa shape index (κ2) is 5.44. The summed E-state index contributed by atoms with van der Waals surface area (Å²) in [5.41, 5.74) is 1.25. The van der Waals surface area contributed by atoms with Gasteiger partial charge in [-0.05, 0) is 13.3 Å². The Bertz CT molecular complexity index is 171. The van der Waals surface area contributed by atoms with Crippen molar-refractivity contribution in [2.45, 2.75) is 20.3 Å². The maximum atomic E-state index is 9.19. The molecule has 0 aliphatic carbocycles. The number of hydrogen-bond donors (Lipinski definition) is 1. The first kappa shape index (κ1) is 12.3. The van der Waals surface area contributed by atoms with E-state index < -0.39 is 10.1 Å². The molecular formula is C6H14O3S. The van der Waals surface area contributed by atoms with Gasteiger partial charge in [0.05, 0.1) is 6.26 Å². The van der Waals surface area contributed by atoms with E-state index in [2.05, 4.69) is 13.5 Å². The van der Waals surface area contributed by atoms with Crippen molar-refractivity contribution in [1.29, 1.82) is 0 Å². The average molecular weight is 166 g/mol. The van der Waals surface area contributed by atoms with E-state index in [-0.39, 0.29) is 0 Å². The van der Waals surface area contributed by atoms with Crippen LogP contribution in [0.5, 0.6) is 0 Å². The lowest BCUT2D eigenvalue weighted by Crippen LogP contribution is -1.88. The first-order valence-corrected chi connectivity index (χ1v) is 4.69. The molecule has 0 aliphatic heterocycles. The number of hydrogen-bond acceptors (Lipinski definition) is 2. The molecule has 0 rings (SSSR count). The topological polar surface area (TPSA) is 54.4 Å². The van der Waals surface area contributed by atoms with Gasteiger partial charge in [0.25, 0.3) is 10.1 Å². The summed E-state index contributed by atoms with van der Waals surface area (Å²) in [6, 6.07) is 0. The minimum atomic E-state index is -3.67. The van der Waals surface area contributed by atoms with E-state index >= 15 is 0 Å². The maximum absolute atomic E-state index is 9.19. The minimum absolute atomic E-state index is 0.715.